The molecule has 0 N–H and O–H groups in total. The van der Waals surface area contributed by atoms with Gasteiger partial charge in [0.25, 0.3) is 0 Å². The average Bonchev–Trinajstić information content (AvgIpc) is 3.30. The molecule has 2 heterocycles. The standard InChI is InChI=1S/C22H38N4/c1-3-5-6-7-8-11-15-25-19-20-26(22-25)16-13-10-9-12-14-24-18-17-23(4-2)21-24/h4,17-22H,2-3,5-16H2,1H3/q+2. The number of imidazole rings is 2. The van der Waals surface area contributed by atoms with Crippen LogP contribution in [0.25, 0.3) is 6.20 Å². The lowest BCUT2D eigenvalue weighted by atomic mass is 10.1. The molecule has 0 unspecified atom stereocenters. The second-order valence-electron chi connectivity index (χ2n) is 7.35. The Kier molecular flexibility index (Phi) is 9.84. The van der Waals surface area contributed by atoms with E-state index < -0.39 is 0 Å². The molecule has 0 saturated heterocycles. The van der Waals surface area contributed by atoms with Crippen LogP contribution >= 0.6 is 0 Å². The Labute approximate surface area is 159 Å². The Bertz CT molecular complexity index is 611. The van der Waals surface area contributed by atoms with Gasteiger partial charge in [0.1, 0.15) is 24.8 Å². The summed E-state index contributed by atoms with van der Waals surface area (Å²) in [7, 11) is 0. The van der Waals surface area contributed by atoms with Crippen molar-refractivity contribution in [2.75, 3.05) is 0 Å². The minimum atomic E-state index is 1.10. The van der Waals surface area contributed by atoms with Crippen LogP contribution in [0.2, 0.25) is 0 Å². The van der Waals surface area contributed by atoms with Crippen LogP contribution in [0, 0.1) is 0 Å². The van der Waals surface area contributed by atoms with Crippen LogP contribution in [0.15, 0.2) is 44.0 Å². The van der Waals surface area contributed by atoms with Crippen molar-refractivity contribution in [1.82, 2.24) is 9.13 Å². The SMILES string of the molecule is C=Cn1cc[n+](CCCCCCn2cc[n+](CCCCCCCC)c2)c1. The first kappa shape index (κ1) is 20.5. The van der Waals surface area contributed by atoms with Gasteiger partial charge in [-0.3, -0.25) is 0 Å². The van der Waals surface area contributed by atoms with Crippen LogP contribution in [0.1, 0.15) is 71.1 Å². The third kappa shape index (κ3) is 8.03. The minimum Gasteiger partial charge on any atom is -0.237 e. The zero-order chi connectivity index (χ0) is 18.5. The Morgan fingerprint density at radius 2 is 1.38 bits per heavy atom. The predicted molar refractivity (Wildman–Crippen MR) is 107 cm³/mol. The van der Waals surface area contributed by atoms with Crippen LogP contribution in [-0.2, 0) is 19.6 Å². The van der Waals surface area contributed by atoms with Gasteiger partial charge < -0.3 is 0 Å². The van der Waals surface area contributed by atoms with E-state index in [0.29, 0.717) is 0 Å². The number of unbranched alkanes of at least 4 members (excludes halogenated alkanes) is 8. The van der Waals surface area contributed by atoms with Crippen molar-refractivity contribution < 1.29 is 9.13 Å². The number of aromatic nitrogens is 4. The molecular weight excluding hydrogens is 320 g/mol. The Balaban J connectivity index is 1.49. The molecule has 4 heteroatoms. The minimum absolute atomic E-state index is 1.10. The van der Waals surface area contributed by atoms with E-state index in [2.05, 4.69) is 58.4 Å². The Morgan fingerprint density at radius 3 is 2.08 bits per heavy atom. The molecule has 0 atom stereocenters. The number of hydrogen-bond acceptors (Lipinski definition) is 0. The average molecular weight is 359 g/mol. The highest BCUT2D eigenvalue weighted by atomic mass is 15.1. The number of nitrogens with zero attached hydrogens (tertiary/aromatic N) is 4. The molecule has 0 aliphatic carbocycles. The fraction of sp³-hybridized carbons (Fsp3) is 0.636. The molecule has 2 aromatic rings. The highest BCUT2D eigenvalue weighted by molar-refractivity contribution is 5.12. The van der Waals surface area contributed by atoms with E-state index in [4.69, 9.17) is 0 Å². The molecule has 0 aliphatic heterocycles. The maximum atomic E-state index is 3.77. The van der Waals surface area contributed by atoms with Crippen LogP contribution < -0.4 is 9.13 Å². The zero-order valence-electron chi connectivity index (χ0n) is 16.7. The van der Waals surface area contributed by atoms with Gasteiger partial charge in [0.2, 0.25) is 12.7 Å². The molecule has 0 bridgehead atoms. The first-order valence-corrected chi connectivity index (χ1v) is 10.6. The molecule has 2 aromatic heterocycles. The van der Waals surface area contributed by atoms with Crippen LogP contribution in [-0.4, -0.2) is 9.13 Å². The fourth-order valence-electron chi connectivity index (χ4n) is 3.37. The molecule has 0 aliphatic rings. The largest absolute Gasteiger partial charge is 0.248 e. The highest BCUT2D eigenvalue weighted by Crippen LogP contribution is 2.05. The third-order valence-corrected chi connectivity index (χ3v) is 5.02. The van der Waals surface area contributed by atoms with E-state index in [9.17, 15) is 0 Å². The fourth-order valence-corrected chi connectivity index (χ4v) is 3.37. The topological polar surface area (TPSA) is 17.6 Å². The second-order valence-corrected chi connectivity index (χ2v) is 7.35. The summed E-state index contributed by atoms with van der Waals surface area (Å²) in [5, 5.41) is 0. The van der Waals surface area contributed by atoms with Crippen molar-refractivity contribution in [3.8, 4) is 0 Å². The molecular formula is C22H38N4+2. The van der Waals surface area contributed by atoms with Gasteiger partial charge in [0, 0.05) is 0 Å². The van der Waals surface area contributed by atoms with Gasteiger partial charge in [0.05, 0.1) is 25.8 Å². The zero-order valence-corrected chi connectivity index (χ0v) is 16.7. The summed E-state index contributed by atoms with van der Waals surface area (Å²) in [6, 6.07) is 0. The van der Waals surface area contributed by atoms with E-state index in [1.807, 2.05) is 17.0 Å². The summed E-state index contributed by atoms with van der Waals surface area (Å²) >= 11 is 0. The molecule has 144 valence electrons. The van der Waals surface area contributed by atoms with Gasteiger partial charge in [-0.25, -0.2) is 18.3 Å². The van der Waals surface area contributed by atoms with Crippen molar-refractivity contribution >= 4 is 6.20 Å². The van der Waals surface area contributed by atoms with Gasteiger partial charge in [-0.1, -0.05) is 39.2 Å². The smallest absolute Gasteiger partial charge is 0.237 e. The second kappa shape index (κ2) is 12.5. The first-order valence-electron chi connectivity index (χ1n) is 10.6. The lowest BCUT2D eigenvalue weighted by Gasteiger charge is -2.00. The monoisotopic (exact) mass is 358 g/mol. The lowest BCUT2D eigenvalue weighted by Crippen LogP contribution is -2.30. The van der Waals surface area contributed by atoms with Crippen molar-refractivity contribution in [1.29, 1.82) is 0 Å². The van der Waals surface area contributed by atoms with Crippen molar-refractivity contribution in [2.45, 2.75) is 90.8 Å². The Hall–Kier alpha value is -1.84. The number of rotatable bonds is 15. The summed E-state index contributed by atoms with van der Waals surface area (Å²) in [6.07, 6.45) is 28.1. The maximum Gasteiger partial charge on any atom is 0.248 e. The predicted octanol–water partition coefficient (Wildman–Crippen LogP) is 4.59. The highest BCUT2D eigenvalue weighted by Gasteiger charge is 2.04. The number of aryl methyl sites for hydroxylation is 3. The van der Waals surface area contributed by atoms with Gasteiger partial charge in [-0.05, 0) is 38.5 Å². The maximum absolute atomic E-state index is 3.77. The third-order valence-electron chi connectivity index (χ3n) is 5.02. The van der Waals surface area contributed by atoms with E-state index in [1.54, 1.807) is 0 Å². The molecule has 4 nitrogen and oxygen atoms in total. The quantitative estimate of drug-likeness (QED) is 0.327. The van der Waals surface area contributed by atoms with E-state index >= 15 is 0 Å². The summed E-state index contributed by atoms with van der Waals surface area (Å²) in [6.45, 7) is 9.46. The van der Waals surface area contributed by atoms with Crippen LogP contribution in [0.5, 0.6) is 0 Å². The lowest BCUT2D eigenvalue weighted by molar-refractivity contribution is -0.697. The van der Waals surface area contributed by atoms with E-state index in [-0.39, 0.29) is 0 Å². The first-order chi connectivity index (χ1) is 12.8. The molecule has 0 radical (unpaired) electrons. The molecule has 26 heavy (non-hydrogen) atoms. The molecule has 0 spiro atoms. The summed E-state index contributed by atoms with van der Waals surface area (Å²) < 4.78 is 8.92. The van der Waals surface area contributed by atoms with E-state index in [0.717, 1.165) is 13.1 Å². The van der Waals surface area contributed by atoms with Gasteiger partial charge in [-0.15, -0.1) is 0 Å². The summed E-state index contributed by atoms with van der Waals surface area (Å²) in [5.41, 5.74) is 0. The van der Waals surface area contributed by atoms with Crippen LogP contribution in [0.4, 0.5) is 0 Å². The molecule has 0 aromatic carbocycles. The van der Waals surface area contributed by atoms with Crippen molar-refractivity contribution in [3.05, 3.63) is 44.0 Å². The van der Waals surface area contributed by atoms with Gasteiger partial charge in [-0.2, -0.15) is 0 Å². The van der Waals surface area contributed by atoms with Crippen molar-refractivity contribution in [2.24, 2.45) is 0 Å². The van der Waals surface area contributed by atoms with Crippen molar-refractivity contribution in [3.63, 3.8) is 0 Å². The Morgan fingerprint density at radius 1 is 0.769 bits per heavy atom. The molecule has 0 amide bonds. The molecule has 2 rings (SSSR count). The number of hydrogen-bond donors (Lipinski definition) is 0. The molecule has 0 fully saturated rings. The summed E-state index contributed by atoms with van der Waals surface area (Å²) in [5.74, 6) is 0. The van der Waals surface area contributed by atoms with Crippen LogP contribution in [0.3, 0.4) is 0 Å². The summed E-state index contributed by atoms with van der Waals surface area (Å²) in [4.78, 5) is 0. The van der Waals surface area contributed by atoms with Gasteiger partial charge in [0.15, 0.2) is 0 Å². The normalized spacial score (nSPS) is 11.1. The van der Waals surface area contributed by atoms with E-state index in [1.165, 1.54) is 70.8 Å². The molecule has 0 saturated carbocycles. The van der Waals surface area contributed by atoms with Gasteiger partial charge >= 0.3 is 0 Å².